The molecule has 0 saturated heterocycles. The van der Waals surface area contributed by atoms with Gasteiger partial charge in [-0.25, -0.2) is 0 Å². The van der Waals surface area contributed by atoms with E-state index in [0.717, 1.165) is 25.7 Å². The summed E-state index contributed by atoms with van der Waals surface area (Å²) in [6, 6.07) is 0. The minimum Gasteiger partial charge on any atom is -0.465 e. The lowest BCUT2D eigenvalue weighted by molar-refractivity contribution is -0.159. The second kappa shape index (κ2) is 11.0. The molecule has 1 aliphatic carbocycles. The van der Waals surface area contributed by atoms with E-state index in [0.29, 0.717) is 25.0 Å². The molecule has 0 amide bonds. The fourth-order valence-electron chi connectivity index (χ4n) is 2.16. The first-order valence-electron chi connectivity index (χ1n) is 8.72. The van der Waals surface area contributed by atoms with Crippen LogP contribution in [0.25, 0.3) is 0 Å². The highest BCUT2D eigenvalue weighted by Gasteiger charge is 2.30. The average Bonchev–Trinajstić information content (AvgIpc) is 2.60. The van der Waals surface area contributed by atoms with Crippen molar-refractivity contribution in [1.82, 2.24) is 0 Å². The van der Waals surface area contributed by atoms with Crippen LogP contribution >= 0.6 is 0 Å². The number of carbonyl (C=O) groups excluding carboxylic acids is 1. The minimum absolute atomic E-state index is 0.0418. The maximum atomic E-state index is 11.4. The van der Waals surface area contributed by atoms with E-state index in [4.69, 9.17) is 25.2 Å². The number of hydrogen-bond acceptors (Lipinski definition) is 6. The molecule has 0 aromatic carbocycles. The third kappa shape index (κ3) is 8.97. The summed E-state index contributed by atoms with van der Waals surface area (Å²) < 4.78 is 4.99. The van der Waals surface area contributed by atoms with Crippen LogP contribution in [0, 0.1) is 22.7 Å². The first-order chi connectivity index (χ1) is 11.1. The highest BCUT2D eigenvalue weighted by Crippen LogP contribution is 2.27. The van der Waals surface area contributed by atoms with E-state index in [1.54, 1.807) is 27.7 Å². The van der Waals surface area contributed by atoms with Crippen molar-refractivity contribution in [1.29, 1.82) is 0 Å². The molecule has 4 N–H and O–H groups in total. The molecule has 0 aromatic rings. The van der Waals surface area contributed by atoms with Gasteiger partial charge in [0.25, 0.3) is 0 Å². The van der Waals surface area contributed by atoms with Crippen LogP contribution in [-0.4, -0.2) is 59.4 Å². The van der Waals surface area contributed by atoms with Crippen molar-refractivity contribution in [3.63, 3.8) is 0 Å². The molecule has 0 radical (unpaired) electrons. The van der Waals surface area contributed by atoms with Crippen molar-refractivity contribution < 1.29 is 30.0 Å². The predicted molar refractivity (Wildman–Crippen MR) is 92.3 cm³/mol. The zero-order chi connectivity index (χ0) is 18.8. The highest BCUT2D eigenvalue weighted by molar-refractivity contribution is 5.76. The van der Waals surface area contributed by atoms with Gasteiger partial charge >= 0.3 is 5.97 Å². The Bertz CT molecular complexity index is 333. The molecule has 0 atom stereocenters. The monoisotopic (exact) mass is 348 g/mol. The lowest BCUT2D eigenvalue weighted by Gasteiger charge is -2.25. The van der Waals surface area contributed by atoms with E-state index in [1.165, 1.54) is 0 Å². The molecule has 6 nitrogen and oxygen atoms in total. The van der Waals surface area contributed by atoms with E-state index in [2.05, 4.69) is 0 Å². The van der Waals surface area contributed by atoms with Crippen molar-refractivity contribution in [2.45, 2.75) is 53.4 Å². The van der Waals surface area contributed by atoms with Crippen molar-refractivity contribution in [3.05, 3.63) is 0 Å². The molecule has 1 fully saturated rings. The van der Waals surface area contributed by atoms with E-state index >= 15 is 0 Å². The molecule has 6 heteroatoms. The lowest BCUT2D eigenvalue weighted by atomic mass is 9.83. The molecule has 0 spiro atoms. The van der Waals surface area contributed by atoms with Gasteiger partial charge in [0.15, 0.2) is 0 Å². The summed E-state index contributed by atoms with van der Waals surface area (Å²) in [6.45, 7) is 7.36. The van der Waals surface area contributed by atoms with Gasteiger partial charge in [0.05, 0.1) is 25.2 Å². The third-order valence-corrected chi connectivity index (χ3v) is 4.45. The van der Waals surface area contributed by atoms with Gasteiger partial charge in [-0.3, -0.25) is 4.79 Å². The van der Waals surface area contributed by atoms with Gasteiger partial charge in [-0.05, 0) is 51.4 Å². The Balaban J connectivity index is 0.000000463. The number of ether oxygens (including phenoxy) is 1. The maximum Gasteiger partial charge on any atom is 0.313 e. The number of rotatable bonds is 7. The molecular weight excluding hydrogens is 312 g/mol. The van der Waals surface area contributed by atoms with E-state index < -0.39 is 16.8 Å². The number of aliphatic hydroxyl groups is 4. The van der Waals surface area contributed by atoms with E-state index in [1.807, 2.05) is 0 Å². The largest absolute Gasteiger partial charge is 0.465 e. The lowest BCUT2D eigenvalue weighted by Crippen LogP contribution is -2.34. The third-order valence-electron chi connectivity index (χ3n) is 4.45. The first-order valence-corrected chi connectivity index (χ1v) is 8.72. The van der Waals surface area contributed by atoms with Gasteiger partial charge in [-0.15, -0.1) is 0 Å². The Kier molecular flexibility index (Phi) is 10.7. The van der Waals surface area contributed by atoms with Crippen LogP contribution in [0.1, 0.15) is 53.4 Å². The standard InChI is InChI=1S/C10H20O4.C8H16O2/c1-9(2,5-11)7-14-8(13)10(3,4)6-12;9-5-7-1-2-8(6-10)4-3-7/h11-12H,5-7H2,1-4H3;7-10H,1-6H2. The van der Waals surface area contributed by atoms with Gasteiger partial charge in [0.1, 0.15) is 0 Å². The number of carbonyl (C=O) groups is 1. The zero-order valence-electron chi connectivity index (χ0n) is 15.6. The molecule has 0 unspecified atom stereocenters. The Morgan fingerprint density at radius 3 is 1.58 bits per heavy atom. The minimum atomic E-state index is -0.870. The second-order valence-electron chi connectivity index (χ2n) is 8.19. The molecule has 0 heterocycles. The Labute approximate surface area is 145 Å². The van der Waals surface area contributed by atoms with E-state index in [-0.39, 0.29) is 19.8 Å². The Morgan fingerprint density at radius 2 is 1.29 bits per heavy atom. The molecule has 0 bridgehead atoms. The summed E-state index contributed by atoms with van der Waals surface area (Å²) in [5.41, 5.74) is -1.30. The molecular formula is C18H36O6. The summed E-state index contributed by atoms with van der Waals surface area (Å²) >= 11 is 0. The maximum absolute atomic E-state index is 11.4. The Morgan fingerprint density at radius 1 is 0.875 bits per heavy atom. The second-order valence-corrected chi connectivity index (χ2v) is 8.19. The number of aliphatic hydroxyl groups excluding tert-OH is 4. The Hall–Kier alpha value is -0.690. The van der Waals surface area contributed by atoms with Crippen LogP contribution in [0.3, 0.4) is 0 Å². The summed E-state index contributed by atoms with van der Waals surface area (Å²) in [5, 5.41) is 35.4. The zero-order valence-corrected chi connectivity index (χ0v) is 15.6. The molecule has 1 rings (SSSR count). The van der Waals surface area contributed by atoms with Crippen LogP contribution in [-0.2, 0) is 9.53 Å². The van der Waals surface area contributed by atoms with Crippen molar-refractivity contribution in [2.75, 3.05) is 33.0 Å². The molecule has 1 aliphatic rings. The summed E-state index contributed by atoms with van der Waals surface area (Å²) in [5.74, 6) is 0.590. The van der Waals surface area contributed by atoms with Crippen LogP contribution in [0.5, 0.6) is 0 Å². The fourth-order valence-corrected chi connectivity index (χ4v) is 2.16. The molecule has 0 aliphatic heterocycles. The topological polar surface area (TPSA) is 107 Å². The van der Waals surface area contributed by atoms with Gasteiger partial charge in [0, 0.05) is 18.6 Å². The molecule has 1 saturated carbocycles. The van der Waals surface area contributed by atoms with Crippen molar-refractivity contribution >= 4 is 5.97 Å². The smallest absolute Gasteiger partial charge is 0.313 e. The molecule has 144 valence electrons. The molecule has 24 heavy (non-hydrogen) atoms. The van der Waals surface area contributed by atoms with E-state index in [9.17, 15) is 4.79 Å². The van der Waals surface area contributed by atoms with Crippen LogP contribution < -0.4 is 0 Å². The summed E-state index contributed by atoms with van der Waals surface area (Å²) in [7, 11) is 0. The fraction of sp³-hybridized carbons (Fsp3) is 0.944. The number of esters is 1. The summed E-state index contributed by atoms with van der Waals surface area (Å²) in [4.78, 5) is 11.4. The SMILES string of the molecule is CC(C)(CO)COC(=O)C(C)(C)CO.OCC1CCC(CO)CC1. The number of hydrogen-bond donors (Lipinski definition) is 4. The van der Waals surface area contributed by atoms with Gasteiger partial charge < -0.3 is 25.2 Å². The first kappa shape index (κ1) is 23.3. The van der Waals surface area contributed by atoms with Crippen LogP contribution in [0.4, 0.5) is 0 Å². The molecule has 0 aromatic heterocycles. The predicted octanol–water partition coefficient (Wildman–Crippen LogP) is 1.34. The highest BCUT2D eigenvalue weighted by atomic mass is 16.5. The van der Waals surface area contributed by atoms with Crippen molar-refractivity contribution in [2.24, 2.45) is 22.7 Å². The quantitative estimate of drug-likeness (QED) is 0.517. The van der Waals surface area contributed by atoms with Gasteiger partial charge in [0.2, 0.25) is 0 Å². The average molecular weight is 348 g/mol. The normalized spacial score (nSPS) is 21.7. The van der Waals surface area contributed by atoms with Gasteiger partial charge in [-0.1, -0.05) is 13.8 Å². The summed E-state index contributed by atoms with van der Waals surface area (Å²) in [6.07, 6.45) is 4.40. The van der Waals surface area contributed by atoms with Crippen LogP contribution in [0.2, 0.25) is 0 Å². The van der Waals surface area contributed by atoms with Crippen molar-refractivity contribution in [3.8, 4) is 0 Å². The van der Waals surface area contributed by atoms with Gasteiger partial charge in [-0.2, -0.15) is 0 Å². The van der Waals surface area contributed by atoms with Crippen LogP contribution in [0.15, 0.2) is 0 Å².